The molecule has 1 aliphatic rings. The van der Waals surface area contributed by atoms with Gasteiger partial charge < -0.3 is 4.74 Å². The molecule has 0 saturated carbocycles. The molecule has 0 radical (unpaired) electrons. The lowest BCUT2D eigenvalue weighted by Crippen LogP contribution is -2.22. The minimum atomic E-state index is 0.203. The number of Topliss-reactive ketones (excluding diaryl/α,β-unsaturated/α-hetero) is 1. The second-order valence-corrected chi connectivity index (χ2v) is 7.56. The molecule has 22 heavy (non-hydrogen) atoms. The van der Waals surface area contributed by atoms with Crippen molar-refractivity contribution >= 4 is 5.78 Å². The molecule has 0 aromatic rings. The maximum atomic E-state index is 11.9. The van der Waals surface area contributed by atoms with E-state index in [-0.39, 0.29) is 5.41 Å². The molecule has 1 aliphatic carbocycles. The van der Waals surface area contributed by atoms with Gasteiger partial charge in [0.05, 0.1) is 12.7 Å². The molecule has 1 rings (SSSR count). The van der Waals surface area contributed by atoms with Crippen molar-refractivity contribution in [1.82, 2.24) is 0 Å². The Labute approximate surface area is 137 Å². The summed E-state index contributed by atoms with van der Waals surface area (Å²) in [5.41, 5.74) is 0.203. The third-order valence-corrected chi connectivity index (χ3v) is 3.81. The van der Waals surface area contributed by atoms with Crippen LogP contribution < -0.4 is 0 Å². The Morgan fingerprint density at radius 1 is 0.955 bits per heavy atom. The molecular formula is C20H34O2. The van der Waals surface area contributed by atoms with Crippen LogP contribution in [-0.2, 0) is 9.53 Å². The molecule has 2 nitrogen and oxygen atoms in total. The van der Waals surface area contributed by atoms with Crippen LogP contribution in [0, 0.1) is 5.41 Å². The van der Waals surface area contributed by atoms with Gasteiger partial charge >= 0.3 is 0 Å². The van der Waals surface area contributed by atoms with Gasteiger partial charge in [-0.15, -0.1) is 0 Å². The van der Waals surface area contributed by atoms with Gasteiger partial charge in [0.2, 0.25) is 0 Å². The van der Waals surface area contributed by atoms with Gasteiger partial charge in [0.1, 0.15) is 5.78 Å². The van der Waals surface area contributed by atoms with Crippen molar-refractivity contribution in [1.29, 1.82) is 0 Å². The fourth-order valence-corrected chi connectivity index (χ4v) is 2.52. The first-order chi connectivity index (χ1) is 10.5. The van der Waals surface area contributed by atoms with Crippen LogP contribution in [0.3, 0.4) is 0 Å². The number of carbonyl (C=O) groups is 1. The van der Waals surface area contributed by atoms with Crippen molar-refractivity contribution in [3.8, 4) is 0 Å². The van der Waals surface area contributed by atoms with Gasteiger partial charge in [0, 0.05) is 12.8 Å². The summed E-state index contributed by atoms with van der Waals surface area (Å²) >= 11 is 0. The topological polar surface area (TPSA) is 26.3 Å². The number of hydrogen-bond donors (Lipinski definition) is 0. The number of ether oxygens (including phenoxy) is 1. The number of rotatable bonds is 2. The fraction of sp³-hybridized carbons (Fsp3) is 0.750. The molecular weight excluding hydrogens is 272 g/mol. The summed E-state index contributed by atoms with van der Waals surface area (Å²) in [6.07, 6.45) is 17.8. The molecule has 0 aromatic heterocycles. The zero-order valence-corrected chi connectivity index (χ0v) is 14.8. The summed E-state index contributed by atoms with van der Waals surface area (Å²) < 4.78 is 6.11. The highest BCUT2D eigenvalue weighted by molar-refractivity contribution is 5.78. The average Bonchev–Trinajstić information content (AvgIpc) is 2.45. The second kappa shape index (κ2) is 10.8. The zero-order valence-electron chi connectivity index (χ0n) is 14.8. The number of hydrogen-bond acceptors (Lipinski definition) is 2. The third kappa shape index (κ3) is 10.8. The first-order valence-corrected chi connectivity index (χ1v) is 8.91. The largest absolute Gasteiger partial charge is 0.378 e. The van der Waals surface area contributed by atoms with Crippen molar-refractivity contribution in [3.05, 3.63) is 24.3 Å². The first-order valence-electron chi connectivity index (χ1n) is 8.91. The number of allylic oxidation sites excluding steroid dienone is 4. The van der Waals surface area contributed by atoms with E-state index in [0.29, 0.717) is 24.7 Å². The molecule has 0 fully saturated rings. The predicted octanol–water partition coefficient (Wildman–Crippen LogP) is 5.62. The van der Waals surface area contributed by atoms with Crippen LogP contribution in [0.5, 0.6) is 0 Å². The van der Waals surface area contributed by atoms with Gasteiger partial charge in [-0.1, -0.05) is 45.1 Å². The maximum absolute atomic E-state index is 11.9. The van der Waals surface area contributed by atoms with Gasteiger partial charge in [-0.25, -0.2) is 0 Å². The Kier molecular flexibility index (Phi) is 9.38. The smallest absolute Gasteiger partial charge is 0.133 e. The molecule has 0 saturated heterocycles. The minimum absolute atomic E-state index is 0.203. The molecule has 126 valence electrons. The summed E-state index contributed by atoms with van der Waals surface area (Å²) in [6, 6.07) is 0. The van der Waals surface area contributed by atoms with Crippen LogP contribution in [0.1, 0.15) is 78.6 Å². The van der Waals surface area contributed by atoms with Crippen molar-refractivity contribution in [2.24, 2.45) is 5.41 Å². The highest BCUT2D eigenvalue weighted by atomic mass is 16.5. The molecule has 0 aliphatic heterocycles. The van der Waals surface area contributed by atoms with Crippen LogP contribution in [0.25, 0.3) is 0 Å². The lowest BCUT2D eigenvalue weighted by Gasteiger charge is -2.24. The quantitative estimate of drug-likeness (QED) is 0.619. The second-order valence-electron chi connectivity index (χ2n) is 7.56. The van der Waals surface area contributed by atoms with E-state index in [0.717, 1.165) is 51.6 Å². The van der Waals surface area contributed by atoms with E-state index in [1.165, 1.54) is 0 Å². The van der Waals surface area contributed by atoms with E-state index >= 15 is 0 Å². The van der Waals surface area contributed by atoms with E-state index in [1.54, 1.807) is 0 Å². The lowest BCUT2D eigenvalue weighted by molar-refractivity contribution is -0.119. The number of carbonyl (C=O) groups excluding carboxylic acids is 1. The standard InChI is InChI=1S/C20H34O2/c1-20(2,3)17-22-19-15-11-9-7-5-4-6-8-10-13-18(21)14-12-16-19/h6-9,19H,4-5,10-17H2,1-3H3/b8-6-,9-7+. The van der Waals surface area contributed by atoms with Crippen LogP contribution >= 0.6 is 0 Å². The van der Waals surface area contributed by atoms with Crippen LogP contribution in [0.2, 0.25) is 0 Å². The monoisotopic (exact) mass is 306 g/mol. The molecule has 0 spiro atoms. The fourth-order valence-electron chi connectivity index (χ4n) is 2.52. The SMILES string of the molecule is CC(C)(C)COC1CC/C=C/CC/C=C\CCC(=O)CCC1. The Morgan fingerprint density at radius 2 is 1.59 bits per heavy atom. The molecule has 0 N–H and O–H groups in total. The van der Waals surface area contributed by atoms with Crippen LogP contribution in [0.15, 0.2) is 24.3 Å². The minimum Gasteiger partial charge on any atom is -0.378 e. The summed E-state index contributed by atoms with van der Waals surface area (Å²) in [7, 11) is 0. The molecule has 1 atom stereocenters. The van der Waals surface area contributed by atoms with Gasteiger partial charge in [-0.2, -0.15) is 0 Å². The molecule has 2 heteroatoms. The van der Waals surface area contributed by atoms with E-state index in [4.69, 9.17) is 4.74 Å². The zero-order chi connectivity index (χ0) is 16.3. The summed E-state index contributed by atoms with van der Waals surface area (Å²) in [5, 5.41) is 0. The average molecular weight is 306 g/mol. The van der Waals surface area contributed by atoms with Gasteiger partial charge in [-0.05, 0) is 50.4 Å². The van der Waals surface area contributed by atoms with E-state index in [2.05, 4.69) is 45.1 Å². The van der Waals surface area contributed by atoms with E-state index < -0.39 is 0 Å². The number of ketones is 1. The Balaban J connectivity index is 2.48. The van der Waals surface area contributed by atoms with Crippen molar-refractivity contribution in [3.63, 3.8) is 0 Å². The molecule has 0 heterocycles. The van der Waals surface area contributed by atoms with Crippen LogP contribution in [-0.4, -0.2) is 18.5 Å². The Hall–Kier alpha value is -0.890. The first kappa shape index (κ1) is 19.2. The molecule has 1 unspecified atom stereocenters. The van der Waals surface area contributed by atoms with Gasteiger partial charge in [-0.3, -0.25) is 4.79 Å². The third-order valence-electron chi connectivity index (χ3n) is 3.81. The maximum Gasteiger partial charge on any atom is 0.133 e. The van der Waals surface area contributed by atoms with Crippen molar-refractivity contribution in [2.45, 2.75) is 84.7 Å². The highest BCUT2D eigenvalue weighted by Gasteiger charge is 2.15. The van der Waals surface area contributed by atoms with Crippen molar-refractivity contribution < 1.29 is 9.53 Å². The summed E-state index contributed by atoms with van der Waals surface area (Å²) in [6.45, 7) is 7.40. The van der Waals surface area contributed by atoms with Crippen LogP contribution in [0.4, 0.5) is 0 Å². The van der Waals surface area contributed by atoms with E-state index in [1.807, 2.05) is 0 Å². The molecule has 0 amide bonds. The molecule has 0 aromatic carbocycles. The Morgan fingerprint density at radius 3 is 2.27 bits per heavy atom. The summed E-state index contributed by atoms with van der Waals surface area (Å²) in [5.74, 6) is 0.396. The van der Waals surface area contributed by atoms with Gasteiger partial charge in [0.15, 0.2) is 0 Å². The normalized spacial score (nSPS) is 26.0. The van der Waals surface area contributed by atoms with E-state index in [9.17, 15) is 4.79 Å². The Bertz CT molecular complexity index is 360. The predicted molar refractivity (Wildman–Crippen MR) is 94.0 cm³/mol. The molecule has 0 bridgehead atoms. The lowest BCUT2D eigenvalue weighted by atomic mass is 9.98. The van der Waals surface area contributed by atoms with Gasteiger partial charge in [0.25, 0.3) is 0 Å². The summed E-state index contributed by atoms with van der Waals surface area (Å²) in [4.78, 5) is 11.9. The highest BCUT2D eigenvalue weighted by Crippen LogP contribution is 2.19. The van der Waals surface area contributed by atoms with Crippen molar-refractivity contribution in [2.75, 3.05) is 6.61 Å².